The minimum atomic E-state index is -0.331. The van der Waals surface area contributed by atoms with Crippen LogP contribution in [0.5, 0.6) is 0 Å². The molecule has 0 N–H and O–H groups in total. The fourth-order valence-corrected chi connectivity index (χ4v) is 1.63. The topological polar surface area (TPSA) is 26.3 Å². The van der Waals surface area contributed by atoms with Crippen molar-refractivity contribution in [2.45, 2.75) is 39.5 Å². The van der Waals surface area contributed by atoms with Gasteiger partial charge in [0, 0.05) is 0 Å². The molecule has 0 amide bonds. The average molecular weight is 310 g/mol. The number of ether oxygens (including phenoxy) is 1. The predicted molar refractivity (Wildman–Crippen MR) is 67.4 cm³/mol. The van der Waals surface area contributed by atoms with Gasteiger partial charge in [0.1, 0.15) is 0 Å². The lowest BCUT2D eigenvalue weighted by Crippen LogP contribution is -2.25. The lowest BCUT2D eigenvalue weighted by atomic mass is 9.87. The van der Waals surface area contributed by atoms with Crippen molar-refractivity contribution in [2.75, 3.05) is 7.11 Å². The minimum absolute atomic E-state index is 0.109. The molecule has 0 heterocycles. The summed E-state index contributed by atoms with van der Waals surface area (Å²) < 4.78 is 6.77. The molecule has 0 bridgehead atoms. The van der Waals surface area contributed by atoms with Gasteiger partial charge in [0.05, 0.1) is 12.5 Å². The zero-order chi connectivity index (χ0) is 11.0. The highest BCUT2D eigenvalue weighted by molar-refractivity contribution is 14.1. The molecular weight excluding hydrogens is 291 g/mol. The molecule has 0 aromatic heterocycles. The Morgan fingerprint density at radius 1 is 1.43 bits per heavy atom. The molecule has 0 fully saturated rings. The van der Waals surface area contributed by atoms with Crippen molar-refractivity contribution in [3.8, 4) is 0 Å². The zero-order valence-corrected chi connectivity index (χ0v) is 11.3. The van der Waals surface area contributed by atoms with Gasteiger partial charge in [0.2, 0.25) is 0 Å². The third-order valence-electron chi connectivity index (χ3n) is 2.25. The van der Waals surface area contributed by atoms with Crippen LogP contribution in [-0.2, 0) is 9.53 Å². The van der Waals surface area contributed by atoms with Gasteiger partial charge in [-0.1, -0.05) is 35.1 Å². The molecule has 0 saturated heterocycles. The normalized spacial score (nSPS) is 12.0. The van der Waals surface area contributed by atoms with Crippen LogP contribution in [0.15, 0.2) is 10.2 Å². The molecule has 0 radical (unpaired) electrons. The van der Waals surface area contributed by atoms with Crippen LogP contribution in [-0.4, -0.2) is 13.1 Å². The Balaban J connectivity index is 3.71. The maximum Gasteiger partial charge on any atom is 0.311 e. The second-order valence-electron chi connectivity index (χ2n) is 3.98. The molecule has 14 heavy (non-hydrogen) atoms. The number of rotatable bonds is 6. The molecule has 0 unspecified atom stereocenters. The number of carbonyl (C=O) groups is 1. The molecular formula is C11H19IO2. The average Bonchev–Trinajstić information content (AvgIpc) is 2.16. The van der Waals surface area contributed by atoms with Crippen molar-refractivity contribution in [3.63, 3.8) is 0 Å². The van der Waals surface area contributed by atoms with E-state index < -0.39 is 0 Å². The lowest BCUT2D eigenvalue weighted by Gasteiger charge is -2.20. The van der Waals surface area contributed by atoms with E-state index >= 15 is 0 Å². The number of hydrogen-bond donors (Lipinski definition) is 0. The van der Waals surface area contributed by atoms with E-state index in [0.717, 1.165) is 25.7 Å². The first kappa shape index (κ1) is 13.9. The highest BCUT2D eigenvalue weighted by atomic mass is 127. The zero-order valence-electron chi connectivity index (χ0n) is 9.18. The van der Waals surface area contributed by atoms with Crippen LogP contribution in [0, 0.1) is 5.41 Å². The summed E-state index contributed by atoms with van der Waals surface area (Å²) in [5, 5.41) is 0. The van der Waals surface area contributed by atoms with Crippen molar-refractivity contribution in [3.05, 3.63) is 10.2 Å². The van der Waals surface area contributed by atoms with Crippen LogP contribution in [0.3, 0.4) is 0 Å². The van der Waals surface area contributed by atoms with Crippen LogP contribution in [0.1, 0.15) is 39.5 Å². The first-order chi connectivity index (χ1) is 6.54. The Hall–Kier alpha value is -0.0600. The summed E-state index contributed by atoms with van der Waals surface area (Å²) in [5.74, 6) is -0.109. The van der Waals surface area contributed by atoms with Gasteiger partial charge in [-0.2, -0.15) is 0 Å². The Morgan fingerprint density at radius 3 is 2.57 bits per heavy atom. The van der Waals surface area contributed by atoms with Gasteiger partial charge in [-0.05, 0) is 37.2 Å². The third kappa shape index (κ3) is 5.62. The van der Waals surface area contributed by atoms with Gasteiger partial charge >= 0.3 is 5.97 Å². The van der Waals surface area contributed by atoms with E-state index in [2.05, 4.69) is 28.7 Å². The molecule has 0 saturated carbocycles. The van der Waals surface area contributed by atoms with Crippen molar-refractivity contribution in [2.24, 2.45) is 5.41 Å². The first-order valence-corrected chi connectivity index (χ1v) is 6.13. The Morgan fingerprint density at radius 2 is 2.07 bits per heavy atom. The van der Waals surface area contributed by atoms with E-state index in [1.54, 1.807) is 0 Å². The van der Waals surface area contributed by atoms with Crippen LogP contribution in [0.2, 0.25) is 0 Å². The molecule has 2 nitrogen and oxygen atoms in total. The van der Waals surface area contributed by atoms with E-state index in [1.807, 2.05) is 17.9 Å². The summed E-state index contributed by atoms with van der Waals surface area (Å²) in [6.07, 6.45) is 6.35. The summed E-state index contributed by atoms with van der Waals surface area (Å²) >= 11 is 2.22. The number of unbranched alkanes of at least 4 members (excludes halogenated alkanes) is 2. The minimum Gasteiger partial charge on any atom is -0.469 e. The van der Waals surface area contributed by atoms with Crippen LogP contribution in [0.25, 0.3) is 0 Å². The van der Waals surface area contributed by atoms with E-state index in [9.17, 15) is 4.79 Å². The molecule has 0 aromatic carbocycles. The standard InChI is InChI=1S/C11H19IO2/c1-11(2,10(13)14-3)8-6-4-5-7-9-12/h7,9H,4-6,8H2,1-3H3/b9-7+. The van der Waals surface area contributed by atoms with Gasteiger partial charge in [0.15, 0.2) is 0 Å². The molecule has 0 aliphatic carbocycles. The number of halogens is 1. The Bertz CT molecular complexity index is 197. The predicted octanol–water partition coefficient (Wildman–Crippen LogP) is 3.69. The van der Waals surface area contributed by atoms with Crippen molar-refractivity contribution < 1.29 is 9.53 Å². The molecule has 0 atom stereocenters. The first-order valence-electron chi connectivity index (χ1n) is 4.88. The van der Waals surface area contributed by atoms with Gasteiger partial charge in [0.25, 0.3) is 0 Å². The number of methoxy groups -OCH3 is 1. The van der Waals surface area contributed by atoms with E-state index in [4.69, 9.17) is 4.74 Å². The molecule has 82 valence electrons. The Kier molecular flexibility index (Phi) is 7.23. The molecule has 0 rings (SSSR count). The van der Waals surface area contributed by atoms with E-state index in [-0.39, 0.29) is 11.4 Å². The summed E-state index contributed by atoms with van der Waals surface area (Å²) in [6.45, 7) is 3.88. The van der Waals surface area contributed by atoms with E-state index in [0.29, 0.717) is 0 Å². The van der Waals surface area contributed by atoms with Gasteiger partial charge < -0.3 is 4.74 Å². The second-order valence-corrected chi connectivity index (χ2v) is 4.70. The SMILES string of the molecule is COC(=O)C(C)(C)CCCC/C=C/I. The molecule has 0 spiro atoms. The van der Waals surface area contributed by atoms with Gasteiger partial charge in [-0.3, -0.25) is 4.79 Å². The summed E-state index contributed by atoms with van der Waals surface area (Å²) in [5.41, 5.74) is -0.331. The number of hydrogen-bond acceptors (Lipinski definition) is 2. The summed E-state index contributed by atoms with van der Waals surface area (Å²) in [7, 11) is 1.45. The second kappa shape index (κ2) is 7.26. The molecule has 0 aliphatic heterocycles. The largest absolute Gasteiger partial charge is 0.469 e. The number of esters is 1. The van der Waals surface area contributed by atoms with Crippen LogP contribution >= 0.6 is 22.6 Å². The maximum absolute atomic E-state index is 11.3. The molecule has 0 aliphatic rings. The molecule has 3 heteroatoms. The third-order valence-corrected chi connectivity index (χ3v) is 2.76. The van der Waals surface area contributed by atoms with Crippen LogP contribution in [0.4, 0.5) is 0 Å². The lowest BCUT2D eigenvalue weighted by molar-refractivity contribution is -0.151. The fourth-order valence-electron chi connectivity index (χ4n) is 1.27. The van der Waals surface area contributed by atoms with Crippen molar-refractivity contribution in [1.82, 2.24) is 0 Å². The summed E-state index contributed by atoms with van der Waals surface area (Å²) in [6, 6.07) is 0. The Labute approximate surface area is 100 Å². The molecule has 0 aromatic rings. The summed E-state index contributed by atoms with van der Waals surface area (Å²) in [4.78, 5) is 11.3. The van der Waals surface area contributed by atoms with Crippen molar-refractivity contribution >= 4 is 28.6 Å². The van der Waals surface area contributed by atoms with Crippen molar-refractivity contribution in [1.29, 1.82) is 0 Å². The number of allylic oxidation sites excluding steroid dienone is 1. The van der Waals surface area contributed by atoms with Gasteiger partial charge in [-0.25, -0.2) is 0 Å². The highest BCUT2D eigenvalue weighted by Gasteiger charge is 2.27. The van der Waals surface area contributed by atoms with Crippen LogP contribution < -0.4 is 0 Å². The number of carbonyl (C=O) groups excluding carboxylic acids is 1. The highest BCUT2D eigenvalue weighted by Crippen LogP contribution is 2.25. The fraction of sp³-hybridized carbons (Fsp3) is 0.727. The van der Waals surface area contributed by atoms with Gasteiger partial charge in [-0.15, -0.1) is 0 Å². The quantitative estimate of drug-likeness (QED) is 0.425. The monoisotopic (exact) mass is 310 g/mol. The maximum atomic E-state index is 11.3. The smallest absolute Gasteiger partial charge is 0.311 e. The van der Waals surface area contributed by atoms with E-state index in [1.165, 1.54) is 7.11 Å².